The van der Waals surface area contributed by atoms with Crippen LogP contribution in [0, 0.1) is 5.92 Å². The highest BCUT2D eigenvalue weighted by Gasteiger charge is 2.26. The summed E-state index contributed by atoms with van der Waals surface area (Å²) >= 11 is 0. The van der Waals surface area contributed by atoms with Crippen LogP contribution < -0.4 is 0 Å². The molecular weight excluding hydrogens is 180 g/mol. The molecule has 3 nitrogen and oxygen atoms in total. The minimum Gasteiger partial charge on any atom is -0.379 e. The molecule has 0 unspecified atom stereocenters. The fourth-order valence-electron chi connectivity index (χ4n) is 2.12. The van der Waals surface area contributed by atoms with Crippen molar-refractivity contribution in [3.05, 3.63) is 0 Å². The summed E-state index contributed by atoms with van der Waals surface area (Å²) in [5, 5.41) is 0. The second kappa shape index (κ2) is 5.10. The van der Waals surface area contributed by atoms with E-state index in [1.165, 1.54) is 25.7 Å². The minimum atomic E-state index is -0.0411. The van der Waals surface area contributed by atoms with Gasteiger partial charge in [-0.15, -0.1) is 0 Å². The summed E-state index contributed by atoms with van der Waals surface area (Å²) in [5.74, 6) is 0.359. The minimum absolute atomic E-state index is 0.0411. The van der Waals surface area contributed by atoms with Crippen molar-refractivity contribution in [1.29, 1.82) is 0 Å². The zero-order valence-corrected chi connectivity index (χ0v) is 8.91. The molecule has 82 valence electrons. The van der Waals surface area contributed by atoms with Gasteiger partial charge in [-0.25, -0.2) is 0 Å². The topological polar surface area (TPSA) is 27.7 Å². The molecule has 0 bridgehead atoms. The second-order valence-electron chi connectivity index (χ2n) is 4.33. The summed E-state index contributed by atoms with van der Waals surface area (Å²) in [6.45, 7) is 4.26. The summed E-state index contributed by atoms with van der Waals surface area (Å²) < 4.78 is 17.0. The molecule has 0 N–H and O–H groups in total. The molecule has 2 fully saturated rings. The van der Waals surface area contributed by atoms with Crippen molar-refractivity contribution in [1.82, 2.24) is 0 Å². The van der Waals surface area contributed by atoms with E-state index in [-0.39, 0.29) is 6.29 Å². The molecule has 14 heavy (non-hydrogen) atoms. The third-order valence-electron chi connectivity index (χ3n) is 2.98. The second-order valence-corrected chi connectivity index (χ2v) is 4.33. The molecular formula is C11H20O3. The van der Waals surface area contributed by atoms with Crippen molar-refractivity contribution in [3.63, 3.8) is 0 Å². The molecule has 1 heterocycles. The van der Waals surface area contributed by atoms with Gasteiger partial charge in [0.2, 0.25) is 0 Å². The van der Waals surface area contributed by atoms with Crippen molar-refractivity contribution in [2.45, 2.75) is 45.0 Å². The van der Waals surface area contributed by atoms with E-state index in [2.05, 4.69) is 6.92 Å². The van der Waals surface area contributed by atoms with Crippen molar-refractivity contribution in [3.8, 4) is 0 Å². The molecule has 0 amide bonds. The number of hydrogen-bond acceptors (Lipinski definition) is 3. The molecule has 2 rings (SSSR count). The monoisotopic (exact) mass is 200 g/mol. The Bertz CT molecular complexity index is 166. The first-order chi connectivity index (χ1) is 6.86. The van der Waals surface area contributed by atoms with Crippen LogP contribution >= 0.6 is 0 Å². The molecule has 1 saturated carbocycles. The van der Waals surface area contributed by atoms with Gasteiger partial charge in [-0.05, 0) is 12.8 Å². The third kappa shape index (κ3) is 2.69. The lowest BCUT2D eigenvalue weighted by Crippen LogP contribution is -2.29. The van der Waals surface area contributed by atoms with Crippen LogP contribution in [0.4, 0.5) is 0 Å². The first-order valence-corrected chi connectivity index (χ1v) is 5.71. The molecule has 1 aliphatic heterocycles. The van der Waals surface area contributed by atoms with Gasteiger partial charge >= 0.3 is 0 Å². The Balaban J connectivity index is 1.81. The Morgan fingerprint density at radius 3 is 2.71 bits per heavy atom. The van der Waals surface area contributed by atoms with Gasteiger partial charge in [0.25, 0.3) is 0 Å². The average molecular weight is 200 g/mol. The molecule has 1 saturated heterocycles. The van der Waals surface area contributed by atoms with Crippen LogP contribution in [0.5, 0.6) is 0 Å². The van der Waals surface area contributed by atoms with E-state index in [9.17, 15) is 0 Å². The van der Waals surface area contributed by atoms with E-state index in [4.69, 9.17) is 14.2 Å². The molecule has 0 aromatic heterocycles. The van der Waals surface area contributed by atoms with Gasteiger partial charge in [0.15, 0.2) is 6.29 Å². The molecule has 0 aromatic rings. The van der Waals surface area contributed by atoms with Crippen LogP contribution in [-0.4, -0.2) is 32.2 Å². The SMILES string of the molecule is C[C@@H]1COCCO[C@@H]1OC1CCCC1. The number of hydrogen-bond donors (Lipinski definition) is 0. The highest BCUT2D eigenvalue weighted by Crippen LogP contribution is 2.25. The zero-order valence-electron chi connectivity index (χ0n) is 8.91. The van der Waals surface area contributed by atoms with Crippen LogP contribution in [0.25, 0.3) is 0 Å². The molecule has 0 aromatic carbocycles. The van der Waals surface area contributed by atoms with Crippen LogP contribution in [0.15, 0.2) is 0 Å². The van der Waals surface area contributed by atoms with Gasteiger partial charge in [0.1, 0.15) is 0 Å². The summed E-state index contributed by atoms with van der Waals surface area (Å²) in [6.07, 6.45) is 5.41. The summed E-state index contributed by atoms with van der Waals surface area (Å²) in [5.41, 5.74) is 0. The van der Waals surface area contributed by atoms with E-state index < -0.39 is 0 Å². The van der Waals surface area contributed by atoms with Crippen LogP contribution in [-0.2, 0) is 14.2 Å². The standard InChI is InChI=1S/C11H20O3/c1-9-8-12-6-7-13-11(9)14-10-4-2-3-5-10/h9-11H,2-8H2,1H3/t9-,11-/m1/s1. The van der Waals surface area contributed by atoms with Gasteiger partial charge in [0, 0.05) is 5.92 Å². The molecule has 1 aliphatic carbocycles. The summed E-state index contributed by atoms with van der Waals surface area (Å²) in [6, 6.07) is 0. The lowest BCUT2D eigenvalue weighted by Gasteiger charge is -2.24. The van der Waals surface area contributed by atoms with E-state index in [0.717, 1.165) is 6.61 Å². The predicted molar refractivity (Wildman–Crippen MR) is 53.1 cm³/mol. The maximum atomic E-state index is 5.94. The Kier molecular flexibility index (Phi) is 3.79. The maximum absolute atomic E-state index is 5.94. The van der Waals surface area contributed by atoms with Gasteiger partial charge in [-0.2, -0.15) is 0 Å². The van der Waals surface area contributed by atoms with E-state index in [0.29, 0.717) is 25.2 Å². The zero-order chi connectivity index (χ0) is 9.80. The largest absolute Gasteiger partial charge is 0.379 e. The number of rotatable bonds is 2. The summed E-state index contributed by atoms with van der Waals surface area (Å²) in [7, 11) is 0. The van der Waals surface area contributed by atoms with Gasteiger partial charge in [-0.3, -0.25) is 0 Å². The van der Waals surface area contributed by atoms with Crippen LogP contribution in [0.1, 0.15) is 32.6 Å². The van der Waals surface area contributed by atoms with Crippen molar-refractivity contribution in [2.24, 2.45) is 5.92 Å². The maximum Gasteiger partial charge on any atom is 0.162 e. The highest BCUT2D eigenvalue weighted by molar-refractivity contribution is 4.69. The first kappa shape index (κ1) is 10.4. The fourth-order valence-corrected chi connectivity index (χ4v) is 2.12. The third-order valence-corrected chi connectivity index (χ3v) is 2.98. The Morgan fingerprint density at radius 1 is 1.14 bits per heavy atom. The smallest absolute Gasteiger partial charge is 0.162 e. The highest BCUT2D eigenvalue weighted by atomic mass is 16.7. The van der Waals surface area contributed by atoms with Gasteiger partial charge < -0.3 is 14.2 Å². The molecule has 0 radical (unpaired) electrons. The molecule has 3 heteroatoms. The lowest BCUT2D eigenvalue weighted by molar-refractivity contribution is -0.185. The lowest BCUT2D eigenvalue weighted by atomic mass is 10.2. The van der Waals surface area contributed by atoms with E-state index in [1.54, 1.807) is 0 Å². The first-order valence-electron chi connectivity index (χ1n) is 5.71. The molecule has 0 spiro atoms. The van der Waals surface area contributed by atoms with E-state index >= 15 is 0 Å². The Hall–Kier alpha value is -0.120. The Morgan fingerprint density at radius 2 is 1.93 bits per heavy atom. The van der Waals surface area contributed by atoms with Crippen molar-refractivity contribution < 1.29 is 14.2 Å². The van der Waals surface area contributed by atoms with Gasteiger partial charge in [-0.1, -0.05) is 19.8 Å². The van der Waals surface area contributed by atoms with E-state index in [1.807, 2.05) is 0 Å². The van der Waals surface area contributed by atoms with Crippen LogP contribution in [0.3, 0.4) is 0 Å². The molecule has 2 aliphatic rings. The Labute approximate surface area is 85.7 Å². The normalized spacial score (nSPS) is 35.8. The fraction of sp³-hybridized carbons (Fsp3) is 1.00. The summed E-state index contributed by atoms with van der Waals surface area (Å²) in [4.78, 5) is 0. The van der Waals surface area contributed by atoms with Crippen LogP contribution in [0.2, 0.25) is 0 Å². The predicted octanol–water partition coefficient (Wildman–Crippen LogP) is 1.95. The average Bonchev–Trinajstić information content (AvgIpc) is 2.60. The quantitative estimate of drug-likeness (QED) is 0.682. The number of ether oxygens (including phenoxy) is 3. The van der Waals surface area contributed by atoms with Crippen molar-refractivity contribution in [2.75, 3.05) is 19.8 Å². The molecule has 2 atom stereocenters. The van der Waals surface area contributed by atoms with Crippen molar-refractivity contribution >= 4 is 0 Å². The van der Waals surface area contributed by atoms with Gasteiger partial charge in [0.05, 0.1) is 25.9 Å².